The Bertz CT molecular complexity index is 551. The molecule has 0 spiro atoms. The van der Waals surface area contributed by atoms with Gasteiger partial charge in [-0.2, -0.15) is 0 Å². The van der Waals surface area contributed by atoms with Crippen LogP contribution in [0.25, 0.3) is 6.08 Å². The van der Waals surface area contributed by atoms with Crippen LogP contribution in [0, 0.1) is 18.7 Å². The summed E-state index contributed by atoms with van der Waals surface area (Å²) in [6.45, 7) is 5.11. The van der Waals surface area contributed by atoms with E-state index in [-0.39, 0.29) is 5.82 Å². The lowest BCUT2D eigenvalue weighted by Crippen LogP contribution is -1.99. The number of hydrogen-bond donors (Lipinski definition) is 0. The van der Waals surface area contributed by atoms with Gasteiger partial charge in [0.2, 0.25) is 0 Å². The minimum Gasteiger partial charge on any atom is -0.285 e. The maximum Gasteiger partial charge on any atom is 0.124 e. The van der Waals surface area contributed by atoms with Crippen molar-refractivity contribution in [3.63, 3.8) is 0 Å². The van der Waals surface area contributed by atoms with Crippen LogP contribution in [-0.4, -0.2) is 12.0 Å². The zero-order chi connectivity index (χ0) is 14.0. The molecule has 0 saturated heterocycles. The van der Waals surface area contributed by atoms with Crippen LogP contribution in [0.3, 0.4) is 0 Å². The van der Waals surface area contributed by atoms with Gasteiger partial charge in [-0.25, -0.2) is 4.39 Å². The lowest BCUT2D eigenvalue weighted by molar-refractivity contribution is 0.553. The molecule has 1 aromatic carbocycles. The standard InChI is InChI=1S/C15H18BrFNP/c1-9-3-4-18-15(19)12(5-9)6-11-7-13(17)8-14(16)10(11)2/h6-9H,3-5,19H2,1-2H3/b12-6+. The molecule has 0 amide bonds. The second-order valence-corrected chi connectivity index (χ2v) is 6.54. The number of halogens is 2. The Morgan fingerprint density at radius 2 is 2.21 bits per heavy atom. The molecule has 1 aromatic rings. The molecule has 0 N–H and O–H groups in total. The van der Waals surface area contributed by atoms with E-state index in [0.29, 0.717) is 5.92 Å². The fraction of sp³-hybridized carbons (Fsp3) is 0.400. The fourth-order valence-electron chi connectivity index (χ4n) is 2.23. The van der Waals surface area contributed by atoms with Crippen LogP contribution in [0.15, 0.2) is 27.2 Å². The van der Waals surface area contributed by atoms with E-state index >= 15 is 0 Å². The SMILES string of the molecule is Cc1c(Br)cc(F)cc1/C=C1\CC(C)CCN=C1P. The van der Waals surface area contributed by atoms with Crippen molar-refractivity contribution < 1.29 is 4.39 Å². The maximum absolute atomic E-state index is 13.5. The van der Waals surface area contributed by atoms with Gasteiger partial charge in [-0.1, -0.05) is 32.1 Å². The Morgan fingerprint density at radius 3 is 2.95 bits per heavy atom. The molecule has 2 atom stereocenters. The van der Waals surface area contributed by atoms with E-state index in [2.05, 4.69) is 43.2 Å². The molecule has 1 nitrogen and oxygen atoms in total. The average Bonchev–Trinajstić information content (AvgIpc) is 2.48. The minimum absolute atomic E-state index is 0.215. The first-order chi connectivity index (χ1) is 8.97. The van der Waals surface area contributed by atoms with E-state index in [0.717, 1.165) is 40.4 Å². The lowest BCUT2D eigenvalue weighted by atomic mass is 9.97. The second-order valence-electron chi connectivity index (χ2n) is 5.14. The van der Waals surface area contributed by atoms with Crippen molar-refractivity contribution in [2.75, 3.05) is 6.54 Å². The normalized spacial score (nSPS) is 22.3. The van der Waals surface area contributed by atoms with Crippen LogP contribution in [0.4, 0.5) is 4.39 Å². The number of hydrogen-bond acceptors (Lipinski definition) is 1. The Hall–Kier alpha value is -0.530. The predicted octanol–water partition coefficient (Wildman–Crippen LogP) is 4.98. The average molecular weight is 342 g/mol. The maximum atomic E-state index is 13.5. The van der Waals surface area contributed by atoms with Crippen molar-refractivity contribution >= 4 is 36.7 Å². The number of aliphatic imine (C=N–C) groups is 1. The molecule has 19 heavy (non-hydrogen) atoms. The van der Waals surface area contributed by atoms with Crippen molar-refractivity contribution in [3.05, 3.63) is 39.1 Å². The molecule has 2 unspecified atom stereocenters. The minimum atomic E-state index is -0.215. The summed E-state index contributed by atoms with van der Waals surface area (Å²) in [4.78, 5) is 4.53. The van der Waals surface area contributed by atoms with Crippen molar-refractivity contribution in [2.45, 2.75) is 26.7 Å². The molecule has 0 bridgehead atoms. The van der Waals surface area contributed by atoms with Crippen LogP contribution in [0.5, 0.6) is 0 Å². The summed E-state index contributed by atoms with van der Waals surface area (Å²) in [7, 11) is 2.71. The lowest BCUT2D eigenvalue weighted by Gasteiger charge is -2.11. The summed E-state index contributed by atoms with van der Waals surface area (Å²) in [5, 5.41) is 0. The molecule has 0 fully saturated rings. The van der Waals surface area contributed by atoms with Gasteiger partial charge < -0.3 is 0 Å². The Balaban J connectivity index is 2.44. The van der Waals surface area contributed by atoms with Crippen LogP contribution in [-0.2, 0) is 0 Å². The summed E-state index contributed by atoms with van der Waals surface area (Å²) in [5.41, 5.74) is 4.18. The number of nitrogens with zero attached hydrogens (tertiary/aromatic N) is 1. The number of benzene rings is 1. The molecule has 1 aliphatic rings. The molecular weight excluding hydrogens is 324 g/mol. The van der Waals surface area contributed by atoms with Crippen molar-refractivity contribution in [3.8, 4) is 0 Å². The highest BCUT2D eigenvalue weighted by atomic mass is 79.9. The highest BCUT2D eigenvalue weighted by Gasteiger charge is 2.14. The predicted molar refractivity (Wildman–Crippen MR) is 87.2 cm³/mol. The smallest absolute Gasteiger partial charge is 0.124 e. The van der Waals surface area contributed by atoms with Gasteiger partial charge in [0.15, 0.2) is 0 Å². The zero-order valence-electron chi connectivity index (χ0n) is 11.2. The third kappa shape index (κ3) is 3.73. The highest BCUT2D eigenvalue weighted by Crippen LogP contribution is 2.28. The van der Waals surface area contributed by atoms with Crippen LogP contribution >= 0.6 is 25.2 Å². The van der Waals surface area contributed by atoms with Crippen molar-refractivity contribution in [2.24, 2.45) is 10.9 Å². The Labute approximate surface area is 124 Å². The van der Waals surface area contributed by atoms with Gasteiger partial charge in [0.25, 0.3) is 0 Å². The summed E-state index contributed by atoms with van der Waals surface area (Å²) < 4.78 is 14.3. The van der Waals surface area contributed by atoms with E-state index in [1.165, 1.54) is 11.6 Å². The first kappa shape index (κ1) is 14.9. The molecule has 0 radical (unpaired) electrons. The molecule has 0 aromatic heterocycles. The summed E-state index contributed by atoms with van der Waals surface area (Å²) in [6.07, 6.45) is 4.17. The van der Waals surface area contributed by atoms with Crippen LogP contribution in [0.1, 0.15) is 30.9 Å². The van der Waals surface area contributed by atoms with E-state index in [1.807, 2.05) is 6.92 Å². The second kappa shape index (κ2) is 6.28. The van der Waals surface area contributed by atoms with Crippen LogP contribution < -0.4 is 0 Å². The van der Waals surface area contributed by atoms with Crippen LogP contribution in [0.2, 0.25) is 0 Å². The molecule has 102 valence electrons. The van der Waals surface area contributed by atoms with E-state index in [9.17, 15) is 4.39 Å². The number of allylic oxidation sites excluding steroid dienone is 1. The van der Waals surface area contributed by atoms with Gasteiger partial charge in [0, 0.05) is 11.0 Å². The van der Waals surface area contributed by atoms with E-state index in [1.54, 1.807) is 6.07 Å². The first-order valence-electron chi connectivity index (χ1n) is 6.44. The topological polar surface area (TPSA) is 12.4 Å². The van der Waals surface area contributed by atoms with Gasteiger partial charge in [0.1, 0.15) is 5.82 Å². The molecule has 4 heteroatoms. The Morgan fingerprint density at radius 1 is 1.47 bits per heavy atom. The third-order valence-electron chi connectivity index (χ3n) is 3.48. The third-order valence-corrected chi connectivity index (χ3v) is 4.86. The molecule has 1 heterocycles. The van der Waals surface area contributed by atoms with Gasteiger partial charge in [-0.15, -0.1) is 0 Å². The molecular formula is C15H18BrFNP. The van der Waals surface area contributed by atoms with Gasteiger partial charge in [0.05, 0.1) is 5.45 Å². The number of rotatable bonds is 1. The van der Waals surface area contributed by atoms with Crippen molar-refractivity contribution in [1.82, 2.24) is 0 Å². The van der Waals surface area contributed by atoms with E-state index in [4.69, 9.17) is 0 Å². The summed E-state index contributed by atoms with van der Waals surface area (Å²) in [6, 6.07) is 3.09. The van der Waals surface area contributed by atoms with E-state index < -0.39 is 0 Å². The first-order valence-corrected chi connectivity index (χ1v) is 7.81. The summed E-state index contributed by atoms with van der Waals surface area (Å²) in [5.74, 6) is 0.401. The van der Waals surface area contributed by atoms with Gasteiger partial charge in [-0.05, 0) is 60.6 Å². The van der Waals surface area contributed by atoms with Gasteiger partial charge >= 0.3 is 0 Å². The quantitative estimate of drug-likeness (QED) is 0.638. The fourth-order valence-corrected chi connectivity index (χ4v) is 3.00. The Kier molecular flexibility index (Phi) is 4.92. The molecule has 1 aliphatic heterocycles. The monoisotopic (exact) mass is 341 g/mol. The van der Waals surface area contributed by atoms with Crippen molar-refractivity contribution in [1.29, 1.82) is 0 Å². The van der Waals surface area contributed by atoms with Gasteiger partial charge in [-0.3, -0.25) is 4.99 Å². The molecule has 0 aliphatic carbocycles. The molecule has 0 saturated carbocycles. The zero-order valence-corrected chi connectivity index (χ0v) is 14.0. The highest BCUT2D eigenvalue weighted by molar-refractivity contribution is 9.10. The molecule has 2 rings (SSSR count). The summed E-state index contributed by atoms with van der Waals surface area (Å²) >= 11 is 3.40. The largest absolute Gasteiger partial charge is 0.285 e.